The van der Waals surface area contributed by atoms with E-state index in [1.54, 1.807) is 12.4 Å². The van der Waals surface area contributed by atoms with Crippen molar-refractivity contribution in [3.8, 4) is 0 Å². The molecule has 57 heavy (non-hydrogen) atoms. The summed E-state index contributed by atoms with van der Waals surface area (Å²) in [6, 6.07) is 45.1. The van der Waals surface area contributed by atoms with Gasteiger partial charge in [0.25, 0.3) is 0 Å². The number of nitrogens with zero attached hydrogens (tertiary/aromatic N) is 8. The number of aromatic nitrogens is 4. The molecule has 0 amide bonds. The number of benzene rings is 4. The number of hydrogen-bond donors (Lipinski definition) is 0. The summed E-state index contributed by atoms with van der Waals surface area (Å²) in [4.78, 5) is 0. The van der Waals surface area contributed by atoms with Crippen LogP contribution in [0.1, 0.15) is 99.0 Å². The molecule has 2 aliphatic rings. The zero-order chi connectivity index (χ0) is 38.9. The van der Waals surface area contributed by atoms with Crippen LogP contribution in [0.5, 0.6) is 0 Å². The van der Waals surface area contributed by atoms with Crippen molar-refractivity contribution in [2.45, 2.75) is 102 Å². The van der Waals surface area contributed by atoms with Gasteiger partial charge in [0.05, 0.1) is 0 Å². The summed E-state index contributed by atoms with van der Waals surface area (Å²) in [6.45, 7) is 8.81. The Morgan fingerprint density at radius 2 is 0.807 bits per heavy atom. The van der Waals surface area contributed by atoms with Gasteiger partial charge in [-0.2, -0.15) is 59.4 Å². The first-order valence-corrected chi connectivity index (χ1v) is 20.2. The summed E-state index contributed by atoms with van der Waals surface area (Å²) >= 11 is 0. The third kappa shape index (κ3) is 18.3. The van der Waals surface area contributed by atoms with Crippen LogP contribution in [0.2, 0.25) is 0 Å². The standard InChI is InChI=1S/2C17H22N4.2C7H7.Hf/c2*1-3-8-15(9-4-1)14-18-17(21-13-7-12-19-21)20-16-10-5-2-6-11-16;2*1-7-5-3-2-4-6-7;/h2*1,3-4,7-9,12-13,16-17H,2,5-6,10-11,14H2;2*2-6H,1H2;/q2*-2;2*-1;. The van der Waals surface area contributed by atoms with Crippen LogP contribution in [0, 0.1) is 13.8 Å². The molecule has 0 spiro atoms. The molecule has 8 nitrogen and oxygen atoms in total. The summed E-state index contributed by atoms with van der Waals surface area (Å²) in [5.41, 5.74) is 4.58. The zero-order valence-corrected chi connectivity index (χ0v) is 36.9. The molecule has 0 radical (unpaired) electrons. The number of hydrogen-bond acceptors (Lipinski definition) is 2. The van der Waals surface area contributed by atoms with Gasteiger partial charge in [0.2, 0.25) is 0 Å². The third-order valence-corrected chi connectivity index (χ3v) is 9.61. The van der Waals surface area contributed by atoms with E-state index in [0.29, 0.717) is 25.2 Å². The van der Waals surface area contributed by atoms with Crippen molar-refractivity contribution >= 4 is 0 Å². The van der Waals surface area contributed by atoms with Crippen LogP contribution in [0.15, 0.2) is 158 Å². The molecule has 0 bridgehead atoms. The van der Waals surface area contributed by atoms with Gasteiger partial charge in [0, 0.05) is 50.6 Å². The van der Waals surface area contributed by atoms with Crippen LogP contribution >= 0.6 is 0 Å². The topological polar surface area (TPSA) is 92.0 Å². The summed E-state index contributed by atoms with van der Waals surface area (Å²) in [7, 11) is 0. The minimum absolute atomic E-state index is 0. The first-order chi connectivity index (χ1) is 27.6. The Hall–Kier alpha value is -4.25. The monoisotopic (exact) mass is 926 g/mol. The Morgan fingerprint density at radius 3 is 1.09 bits per heavy atom. The molecule has 2 unspecified atom stereocenters. The van der Waals surface area contributed by atoms with E-state index >= 15 is 0 Å². The maximum atomic E-state index is 4.93. The maximum Gasteiger partial charge on any atom is 0.0488 e. The maximum absolute atomic E-state index is 4.93. The van der Waals surface area contributed by atoms with Crippen LogP contribution in [-0.2, 0) is 38.9 Å². The second kappa shape index (κ2) is 27.4. The van der Waals surface area contributed by atoms with Gasteiger partial charge in [-0.15, -0.1) is 62.0 Å². The SMILES string of the molecule is [CH2-]c1ccccc1.[CH2-]c1ccccc1.[Hf].c1ccc(C[N-]C([N-]C2CCCCC2)n2cccn2)cc1.c1ccc(C[N-]C([N-]C2CCCCC2)n2cccn2)cc1. The van der Waals surface area contributed by atoms with Crippen molar-refractivity contribution in [1.82, 2.24) is 19.6 Å². The molecule has 6 aromatic rings. The van der Waals surface area contributed by atoms with Crippen LogP contribution < -0.4 is 0 Å². The van der Waals surface area contributed by atoms with Crippen molar-refractivity contribution in [3.63, 3.8) is 0 Å². The van der Waals surface area contributed by atoms with E-state index in [1.807, 2.05) is 131 Å². The van der Waals surface area contributed by atoms with Gasteiger partial charge in [0.15, 0.2) is 0 Å². The first kappa shape index (κ1) is 45.5. The molecule has 2 heterocycles. The Kier molecular flexibility index (Phi) is 21.8. The molecule has 0 aliphatic heterocycles. The summed E-state index contributed by atoms with van der Waals surface area (Å²) in [5, 5.41) is 28.0. The first-order valence-electron chi connectivity index (χ1n) is 20.2. The van der Waals surface area contributed by atoms with E-state index in [2.05, 4.69) is 48.3 Å². The molecule has 2 fully saturated rings. The molecule has 9 heteroatoms. The molecular weight excluding hydrogens is 867 g/mol. The van der Waals surface area contributed by atoms with Gasteiger partial charge < -0.3 is 30.6 Å². The molecule has 300 valence electrons. The molecular formula is C48H58HfN8-6. The molecule has 8 rings (SSSR count). The number of rotatable bonds is 12. The molecule has 2 aliphatic carbocycles. The van der Waals surface area contributed by atoms with Gasteiger partial charge in [-0.1, -0.05) is 148 Å². The van der Waals surface area contributed by atoms with Gasteiger partial charge >= 0.3 is 0 Å². The van der Waals surface area contributed by atoms with Crippen molar-refractivity contribution < 1.29 is 25.8 Å². The summed E-state index contributed by atoms with van der Waals surface area (Å²) in [5.74, 6) is 0. The van der Waals surface area contributed by atoms with Crippen LogP contribution in [0.25, 0.3) is 21.3 Å². The largest absolute Gasteiger partial charge is 0.656 e. The van der Waals surface area contributed by atoms with E-state index in [-0.39, 0.29) is 38.4 Å². The zero-order valence-electron chi connectivity index (χ0n) is 33.3. The molecule has 2 saturated carbocycles. The Labute approximate surface area is 361 Å². The smallest absolute Gasteiger partial charge is 0.0488 e. The normalized spacial score (nSPS) is 15.2. The Bertz CT molecular complexity index is 1640. The van der Waals surface area contributed by atoms with Crippen molar-refractivity contribution in [2.75, 3.05) is 0 Å². The molecule has 0 saturated heterocycles. The fourth-order valence-electron chi connectivity index (χ4n) is 6.57. The second-order valence-electron chi connectivity index (χ2n) is 14.2. The van der Waals surface area contributed by atoms with Crippen LogP contribution in [0.4, 0.5) is 0 Å². The minimum atomic E-state index is -0.191. The molecule has 4 aromatic carbocycles. The average Bonchev–Trinajstić information content (AvgIpc) is 4.01. The minimum Gasteiger partial charge on any atom is -0.656 e. The second-order valence-corrected chi connectivity index (χ2v) is 14.2. The molecule has 2 aromatic heterocycles. The van der Waals surface area contributed by atoms with Crippen LogP contribution in [0.3, 0.4) is 0 Å². The predicted molar refractivity (Wildman–Crippen MR) is 232 cm³/mol. The fourth-order valence-corrected chi connectivity index (χ4v) is 6.57. The van der Waals surface area contributed by atoms with E-state index in [0.717, 1.165) is 11.1 Å². The summed E-state index contributed by atoms with van der Waals surface area (Å²) < 4.78 is 3.72. The van der Waals surface area contributed by atoms with Gasteiger partial charge in [-0.25, -0.2) is 0 Å². The van der Waals surface area contributed by atoms with Gasteiger partial charge in [-0.3, -0.25) is 0 Å². The quantitative estimate of drug-likeness (QED) is 0.0903. The van der Waals surface area contributed by atoms with Gasteiger partial charge in [0.1, 0.15) is 0 Å². The van der Waals surface area contributed by atoms with Crippen molar-refractivity contribution in [1.29, 1.82) is 0 Å². The van der Waals surface area contributed by atoms with E-state index < -0.39 is 0 Å². The molecule has 0 N–H and O–H groups in total. The Balaban J connectivity index is 0.000000187. The average molecular weight is 926 g/mol. The van der Waals surface area contributed by atoms with Gasteiger partial charge in [-0.05, 0) is 12.1 Å². The Morgan fingerprint density at radius 1 is 0.474 bits per heavy atom. The third-order valence-electron chi connectivity index (χ3n) is 9.61. The fraction of sp³-hybridized carbons (Fsp3) is 0.333. The van der Waals surface area contributed by atoms with Crippen LogP contribution in [-0.4, -0.2) is 31.6 Å². The predicted octanol–water partition coefficient (Wildman–Crippen LogP) is 13.0. The summed E-state index contributed by atoms with van der Waals surface area (Å²) in [6.07, 6.45) is 19.7. The van der Waals surface area contributed by atoms with E-state index in [4.69, 9.17) is 21.3 Å². The molecule has 2 atom stereocenters. The van der Waals surface area contributed by atoms with E-state index in [1.165, 1.54) is 75.3 Å². The van der Waals surface area contributed by atoms with E-state index in [9.17, 15) is 0 Å². The van der Waals surface area contributed by atoms with Crippen molar-refractivity contribution in [3.05, 3.63) is 216 Å². The van der Waals surface area contributed by atoms with Crippen molar-refractivity contribution in [2.24, 2.45) is 0 Å².